The van der Waals surface area contributed by atoms with E-state index in [1.54, 1.807) is 13.2 Å². The Hall–Kier alpha value is -2.73. The van der Waals surface area contributed by atoms with Gasteiger partial charge in [0.2, 0.25) is 5.91 Å². The number of benzene rings is 2. The monoisotopic (exact) mass is 370 g/mol. The smallest absolute Gasteiger partial charge is 0.262 e. The second kappa shape index (κ2) is 9.68. The number of carbonyl (C=O) groups is 2. The topological polar surface area (TPSA) is 67.4 Å². The second-order valence-electron chi connectivity index (χ2n) is 5.72. The van der Waals surface area contributed by atoms with Crippen LogP contribution < -0.4 is 15.6 Å². The summed E-state index contributed by atoms with van der Waals surface area (Å²) in [6.07, 6.45) is 3.00. The Labute approximate surface area is 157 Å². The summed E-state index contributed by atoms with van der Waals surface area (Å²) in [5, 5.41) is 0. The average molecular weight is 370 g/mol. The molecule has 2 aromatic carbocycles. The number of hydrogen-bond acceptors (Lipinski definition) is 4. The van der Waals surface area contributed by atoms with E-state index in [1.807, 2.05) is 56.3 Å². The van der Waals surface area contributed by atoms with Crippen molar-refractivity contribution < 1.29 is 14.3 Å². The van der Waals surface area contributed by atoms with Crippen LogP contribution in [0.15, 0.2) is 53.4 Å². The molecule has 26 heavy (non-hydrogen) atoms. The van der Waals surface area contributed by atoms with Crippen molar-refractivity contribution in [3.8, 4) is 5.75 Å². The van der Waals surface area contributed by atoms with Crippen molar-refractivity contribution in [1.82, 2.24) is 10.9 Å². The maximum Gasteiger partial charge on any atom is 0.262 e. The molecule has 0 fully saturated rings. The maximum absolute atomic E-state index is 11.9. The molecule has 0 unspecified atom stereocenters. The quantitative estimate of drug-likeness (QED) is 0.465. The third-order valence-corrected chi connectivity index (χ3v) is 4.53. The van der Waals surface area contributed by atoms with E-state index in [4.69, 9.17) is 4.74 Å². The first-order chi connectivity index (χ1) is 12.5. The number of aryl methyl sites for hydroxylation is 2. The first-order valence-corrected chi connectivity index (χ1v) is 9.07. The van der Waals surface area contributed by atoms with E-state index in [0.29, 0.717) is 5.75 Å². The highest BCUT2D eigenvalue weighted by molar-refractivity contribution is 8.00. The van der Waals surface area contributed by atoms with Crippen LogP contribution in [0.4, 0.5) is 0 Å². The van der Waals surface area contributed by atoms with Gasteiger partial charge in [0.25, 0.3) is 5.91 Å². The number of hydrogen-bond donors (Lipinski definition) is 2. The van der Waals surface area contributed by atoms with E-state index < -0.39 is 5.91 Å². The van der Waals surface area contributed by atoms with Crippen molar-refractivity contribution in [2.24, 2.45) is 0 Å². The van der Waals surface area contributed by atoms with Crippen molar-refractivity contribution in [3.63, 3.8) is 0 Å². The Bertz CT molecular complexity index is 801. The van der Waals surface area contributed by atoms with E-state index >= 15 is 0 Å². The lowest BCUT2D eigenvalue weighted by molar-refractivity contribution is -0.125. The highest BCUT2D eigenvalue weighted by atomic mass is 32.2. The molecular weight excluding hydrogens is 348 g/mol. The molecule has 2 N–H and O–H groups in total. The molecule has 0 bridgehead atoms. The molecule has 0 aliphatic carbocycles. The first kappa shape index (κ1) is 19.6. The molecule has 2 rings (SSSR count). The number of methoxy groups -OCH3 is 1. The van der Waals surface area contributed by atoms with Gasteiger partial charge in [0.1, 0.15) is 5.75 Å². The molecule has 0 aliphatic rings. The van der Waals surface area contributed by atoms with Crippen molar-refractivity contribution in [2.45, 2.75) is 18.7 Å². The molecule has 0 saturated heterocycles. The fraction of sp³-hybridized carbons (Fsp3) is 0.200. The number of hydrazine groups is 1. The van der Waals surface area contributed by atoms with Gasteiger partial charge in [0, 0.05) is 16.5 Å². The van der Waals surface area contributed by atoms with Crippen LogP contribution in [0.25, 0.3) is 6.08 Å². The molecular formula is C20H22N2O3S. The number of ether oxygens (including phenoxy) is 1. The standard InChI is InChI=1S/C20H22N2O3S/c1-14-4-8-17(9-5-14)26-13-20(24)22-21-19(23)11-7-16-12-15(2)6-10-18(16)25-3/h4-12H,13H2,1-3H3,(H,21,23)(H,22,24)/b11-7+. The summed E-state index contributed by atoms with van der Waals surface area (Å²) in [5.74, 6) is 0.213. The summed E-state index contributed by atoms with van der Waals surface area (Å²) in [5.41, 5.74) is 7.80. The van der Waals surface area contributed by atoms with Crippen LogP contribution in [-0.2, 0) is 9.59 Å². The largest absolute Gasteiger partial charge is 0.496 e. The summed E-state index contributed by atoms with van der Waals surface area (Å²) in [6.45, 7) is 3.97. The maximum atomic E-state index is 11.9. The zero-order chi connectivity index (χ0) is 18.9. The molecule has 2 amide bonds. The summed E-state index contributed by atoms with van der Waals surface area (Å²) in [7, 11) is 1.58. The minimum absolute atomic E-state index is 0.221. The number of nitrogens with one attached hydrogen (secondary N) is 2. The molecule has 0 aromatic heterocycles. The van der Waals surface area contributed by atoms with Crippen molar-refractivity contribution >= 4 is 29.7 Å². The van der Waals surface area contributed by atoms with Crippen LogP contribution in [0.1, 0.15) is 16.7 Å². The lowest BCUT2D eigenvalue weighted by Gasteiger charge is -2.07. The average Bonchev–Trinajstić information content (AvgIpc) is 2.64. The van der Waals surface area contributed by atoms with E-state index in [9.17, 15) is 9.59 Å². The fourth-order valence-electron chi connectivity index (χ4n) is 2.14. The highest BCUT2D eigenvalue weighted by Gasteiger charge is 2.05. The van der Waals surface area contributed by atoms with Crippen molar-refractivity contribution in [3.05, 3.63) is 65.2 Å². The minimum atomic E-state index is -0.415. The van der Waals surface area contributed by atoms with E-state index in [-0.39, 0.29) is 11.7 Å². The molecule has 136 valence electrons. The zero-order valence-corrected chi connectivity index (χ0v) is 15.9. The van der Waals surface area contributed by atoms with E-state index in [2.05, 4.69) is 10.9 Å². The Balaban J connectivity index is 1.80. The van der Waals surface area contributed by atoms with Crippen LogP contribution in [0.3, 0.4) is 0 Å². The predicted molar refractivity (Wildman–Crippen MR) is 105 cm³/mol. The van der Waals surface area contributed by atoms with Crippen LogP contribution in [0.2, 0.25) is 0 Å². The molecule has 0 atom stereocenters. The van der Waals surface area contributed by atoms with Crippen LogP contribution in [-0.4, -0.2) is 24.7 Å². The molecule has 0 heterocycles. The molecule has 5 nitrogen and oxygen atoms in total. The van der Waals surface area contributed by atoms with Crippen LogP contribution >= 0.6 is 11.8 Å². The van der Waals surface area contributed by atoms with Gasteiger partial charge < -0.3 is 4.74 Å². The highest BCUT2D eigenvalue weighted by Crippen LogP contribution is 2.21. The van der Waals surface area contributed by atoms with Gasteiger partial charge in [-0.1, -0.05) is 29.3 Å². The van der Waals surface area contributed by atoms with Gasteiger partial charge in [-0.3, -0.25) is 20.4 Å². The van der Waals surface area contributed by atoms with E-state index in [1.165, 1.54) is 23.4 Å². The summed E-state index contributed by atoms with van der Waals surface area (Å²) in [6, 6.07) is 13.6. The predicted octanol–water partition coefficient (Wildman–Crippen LogP) is 3.26. The molecule has 0 aliphatic heterocycles. The third kappa shape index (κ3) is 6.29. The second-order valence-corrected chi connectivity index (χ2v) is 6.77. The number of carbonyl (C=O) groups excluding carboxylic acids is 2. The van der Waals surface area contributed by atoms with Gasteiger partial charge in [-0.15, -0.1) is 11.8 Å². The molecule has 2 aromatic rings. The zero-order valence-electron chi connectivity index (χ0n) is 15.0. The number of amides is 2. The lowest BCUT2D eigenvalue weighted by atomic mass is 10.1. The summed E-state index contributed by atoms with van der Waals surface area (Å²) in [4.78, 5) is 24.7. The van der Waals surface area contributed by atoms with Crippen LogP contribution in [0, 0.1) is 13.8 Å². The molecule has 0 radical (unpaired) electrons. The lowest BCUT2D eigenvalue weighted by Crippen LogP contribution is -2.41. The first-order valence-electron chi connectivity index (χ1n) is 8.09. The molecule has 0 saturated carbocycles. The third-order valence-electron chi connectivity index (χ3n) is 3.52. The Morgan fingerprint density at radius 2 is 1.73 bits per heavy atom. The fourth-order valence-corrected chi connectivity index (χ4v) is 2.84. The Morgan fingerprint density at radius 3 is 2.42 bits per heavy atom. The Morgan fingerprint density at radius 1 is 1.04 bits per heavy atom. The Kier molecular flexibility index (Phi) is 7.29. The normalized spacial score (nSPS) is 10.6. The number of rotatable bonds is 6. The van der Waals surface area contributed by atoms with Gasteiger partial charge in [-0.25, -0.2) is 0 Å². The van der Waals surface area contributed by atoms with Gasteiger partial charge in [-0.05, 0) is 44.2 Å². The van der Waals surface area contributed by atoms with Crippen molar-refractivity contribution in [2.75, 3.05) is 12.9 Å². The molecule has 0 spiro atoms. The van der Waals surface area contributed by atoms with Gasteiger partial charge >= 0.3 is 0 Å². The molecule has 6 heteroatoms. The minimum Gasteiger partial charge on any atom is -0.496 e. The van der Waals surface area contributed by atoms with Gasteiger partial charge in [-0.2, -0.15) is 0 Å². The van der Waals surface area contributed by atoms with Gasteiger partial charge in [0.15, 0.2) is 0 Å². The number of thioether (sulfide) groups is 1. The van der Waals surface area contributed by atoms with Crippen molar-refractivity contribution in [1.29, 1.82) is 0 Å². The SMILES string of the molecule is COc1ccc(C)cc1/C=C/C(=O)NNC(=O)CSc1ccc(C)cc1. The van der Waals surface area contributed by atoms with Crippen LogP contribution in [0.5, 0.6) is 5.75 Å². The summed E-state index contributed by atoms with van der Waals surface area (Å²) < 4.78 is 5.26. The summed E-state index contributed by atoms with van der Waals surface area (Å²) >= 11 is 1.41. The van der Waals surface area contributed by atoms with E-state index in [0.717, 1.165) is 16.0 Å². The van der Waals surface area contributed by atoms with Gasteiger partial charge in [0.05, 0.1) is 12.9 Å².